The molecule has 0 unspecified atom stereocenters. The van der Waals surface area contributed by atoms with Gasteiger partial charge in [0.1, 0.15) is 5.75 Å². The second kappa shape index (κ2) is 6.37. The highest BCUT2D eigenvalue weighted by Crippen LogP contribution is 2.53. The summed E-state index contributed by atoms with van der Waals surface area (Å²) in [7, 11) is 0. The third-order valence-electron chi connectivity index (χ3n) is 5.71. The van der Waals surface area contributed by atoms with Crippen molar-refractivity contribution < 1.29 is 5.11 Å². The number of nitrogens with zero attached hydrogens (tertiary/aromatic N) is 1. The van der Waals surface area contributed by atoms with Crippen LogP contribution in [0.15, 0.2) is 29.8 Å². The van der Waals surface area contributed by atoms with Crippen molar-refractivity contribution in [2.75, 3.05) is 13.1 Å². The summed E-state index contributed by atoms with van der Waals surface area (Å²) in [6.45, 7) is 11.4. The number of phenolic OH excluding ortho intramolecular Hbond substituents is 1. The lowest BCUT2D eigenvalue weighted by Crippen LogP contribution is -2.51. The van der Waals surface area contributed by atoms with Crippen LogP contribution in [0.3, 0.4) is 0 Å². The molecule has 1 saturated heterocycles. The largest absolute Gasteiger partial charge is 0.508 e. The Kier molecular flexibility index (Phi) is 5.08. The Morgan fingerprint density at radius 1 is 1.41 bits per heavy atom. The van der Waals surface area contributed by atoms with Crippen molar-refractivity contribution in [2.24, 2.45) is 11.3 Å². The number of halogens is 1. The fourth-order valence-electron chi connectivity index (χ4n) is 4.15. The maximum absolute atomic E-state index is 9.82. The van der Waals surface area contributed by atoms with E-state index in [-0.39, 0.29) is 17.0 Å². The molecule has 0 aromatic heterocycles. The van der Waals surface area contributed by atoms with E-state index >= 15 is 0 Å². The van der Waals surface area contributed by atoms with Gasteiger partial charge in [0.05, 0.1) is 0 Å². The molecule has 2 nitrogen and oxygen atoms in total. The summed E-state index contributed by atoms with van der Waals surface area (Å²) in [6.07, 6.45) is 4.69. The average Bonchev–Trinajstić information content (AvgIpc) is 2.40. The molecule has 0 radical (unpaired) electrons. The second-order valence-corrected chi connectivity index (χ2v) is 7.47. The minimum absolute atomic E-state index is 0. The molecular weight excluding hydrogens is 338 g/mol. The van der Waals surface area contributed by atoms with E-state index in [9.17, 15) is 5.11 Å². The van der Waals surface area contributed by atoms with Gasteiger partial charge in [-0.2, -0.15) is 0 Å². The van der Waals surface area contributed by atoms with E-state index in [1.165, 1.54) is 29.7 Å². The first-order valence-corrected chi connectivity index (χ1v) is 8.10. The predicted molar refractivity (Wildman–Crippen MR) is 97.8 cm³/mol. The van der Waals surface area contributed by atoms with Gasteiger partial charge in [0.15, 0.2) is 0 Å². The molecule has 1 heterocycles. The van der Waals surface area contributed by atoms with Gasteiger partial charge in [-0.3, -0.25) is 4.90 Å². The number of piperidine rings is 1. The zero-order valence-corrected chi connectivity index (χ0v) is 15.8. The maximum atomic E-state index is 9.82. The summed E-state index contributed by atoms with van der Waals surface area (Å²) in [5, 5.41) is 9.82. The molecule has 1 N–H and O–H groups in total. The van der Waals surface area contributed by atoms with Gasteiger partial charge in [-0.25, -0.2) is 0 Å². The zero-order valence-electron chi connectivity index (χ0n) is 14.1. The van der Waals surface area contributed by atoms with E-state index in [0.29, 0.717) is 23.1 Å². The third kappa shape index (κ3) is 2.98. The fraction of sp³-hybridized carbons (Fsp3) is 0.579. The summed E-state index contributed by atoms with van der Waals surface area (Å²) < 4.78 is 0. The van der Waals surface area contributed by atoms with Gasteiger partial charge < -0.3 is 5.11 Å². The highest BCUT2D eigenvalue weighted by molar-refractivity contribution is 8.93. The summed E-state index contributed by atoms with van der Waals surface area (Å²) in [4.78, 5) is 2.62. The fourth-order valence-corrected chi connectivity index (χ4v) is 4.15. The van der Waals surface area contributed by atoms with Crippen LogP contribution in [0.1, 0.15) is 51.3 Å². The topological polar surface area (TPSA) is 23.5 Å². The Bertz CT molecular complexity index is 579. The number of fused-ring (bicyclic) bond motifs is 4. The molecule has 3 heteroatoms. The molecule has 3 atom stereocenters. The number of hydrogen-bond acceptors (Lipinski definition) is 2. The van der Waals surface area contributed by atoms with Gasteiger partial charge >= 0.3 is 0 Å². The quantitative estimate of drug-likeness (QED) is 0.754. The maximum Gasteiger partial charge on any atom is 0.115 e. The van der Waals surface area contributed by atoms with E-state index < -0.39 is 0 Å². The summed E-state index contributed by atoms with van der Waals surface area (Å²) in [5.41, 5.74) is 4.53. The third-order valence-corrected chi connectivity index (χ3v) is 5.71. The van der Waals surface area contributed by atoms with E-state index in [4.69, 9.17) is 0 Å². The molecule has 1 aliphatic carbocycles. The lowest BCUT2D eigenvalue weighted by atomic mass is 9.60. The van der Waals surface area contributed by atoms with Gasteiger partial charge in [0.2, 0.25) is 0 Å². The number of hydrogen-bond donors (Lipinski definition) is 1. The molecule has 0 spiro atoms. The molecule has 1 fully saturated rings. The number of allylic oxidation sites excluding steroid dienone is 1. The molecule has 0 saturated carbocycles. The molecule has 1 aliphatic heterocycles. The average molecular weight is 366 g/mol. The zero-order chi connectivity index (χ0) is 15.2. The van der Waals surface area contributed by atoms with E-state index in [2.05, 4.69) is 44.7 Å². The normalized spacial score (nSPS) is 30.2. The first kappa shape index (κ1) is 17.6. The molecule has 22 heavy (non-hydrogen) atoms. The first-order chi connectivity index (χ1) is 9.90. The van der Waals surface area contributed by atoms with Crippen LogP contribution in [-0.4, -0.2) is 23.1 Å². The van der Waals surface area contributed by atoms with Crippen molar-refractivity contribution in [2.45, 2.75) is 46.6 Å². The number of phenols is 1. The first-order valence-electron chi connectivity index (χ1n) is 8.10. The second-order valence-electron chi connectivity index (χ2n) is 7.47. The van der Waals surface area contributed by atoms with Crippen molar-refractivity contribution >= 4 is 17.0 Å². The van der Waals surface area contributed by atoms with Crippen molar-refractivity contribution in [1.29, 1.82) is 0 Å². The van der Waals surface area contributed by atoms with Crippen molar-refractivity contribution in [3.63, 3.8) is 0 Å². The summed E-state index contributed by atoms with van der Waals surface area (Å²) in [5.74, 6) is 1.06. The van der Waals surface area contributed by atoms with E-state index in [0.717, 1.165) is 13.0 Å². The Morgan fingerprint density at radius 3 is 2.82 bits per heavy atom. The number of rotatable bonds is 2. The van der Waals surface area contributed by atoms with Crippen LogP contribution in [-0.2, 0) is 6.42 Å². The van der Waals surface area contributed by atoms with E-state index in [1.807, 2.05) is 12.1 Å². The highest BCUT2D eigenvalue weighted by Gasteiger charge is 2.47. The molecule has 0 amide bonds. The Balaban J connectivity index is 0.00000176. The molecular formula is C19H28BrNO. The standard InChI is InChI=1S/C19H27NO.BrH/c1-13(2)7-9-20-10-8-19(4)12-15-11-16(21)5-6-17(15)18(20)14(19)3;/h5-7,11,14,18,21H,8-10,12H2,1-4H3;1H/t14-,18+,19-;/m0./s1. The molecule has 2 aliphatic rings. The Labute approximate surface area is 145 Å². The Hall–Kier alpha value is -0.800. The Morgan fingerprint density at radius 2 is 2.14 bits per heavy atom. The van der Waals surface area contributed by atoms with Crippen LogP contribution >= 0.6 is 17.0 Å². The van der Waals surface area contributed by atoms with Crippen LogP contribution in [0.25, 0.3) is 0 Å². The van der Waals surface area contributed by atoms with Crippen LogP contribution in [0.5, 0.6) is 5.75 Å². The van der Waals surface area contributed by atoms with Crippen molar-refractivity contribution in [3.8, 4) is 5.75 Å². The van der Waals surface area contributed by atoms with Crippen LogP contribution < -0.4 is 0 Å². The minimum atomic E-state index is 0. The molecule has 1 aromatic rings. The molecule has 2 bridgehead atoms. The minimum Gasteiger partial charge on any atom is -0.508 e. The number of likely N-dealkylation sites (tertiary alicyclic amines) is 1. The van der Waals surface area contributed by atoms with Gasteiger partial charge in [-0.05, 0) is 67.8 Å². The van der Waals surface area contributed by atoms with Crippen LogP contribution in [0.4, 0.5) is 0 Å². The van der Waals surface area contributed by atoms with Crippen LogP contribution in [0, 0.1) is 11.3 Å². The van der Waals surface area contributed by atoms with Crippen LogP contribution in [0.2, 0.25) is 0 Å². The molecule has 1 aromatic carbocycles. The summed E-state index contributed by atoms with van der Waals surface area (Å²) >= 11 is 0. The SMILES string of the molecule is Br.CC(C)=CCN1CC[C@@]2(C)Cc3cc(O)ccc3[C@H]1[C@@H]2C. The predicted octanol–water partition coefficient (Wildman–Crippen LogP) is 4.88. The molecule has 3 rings (SSSR count). The lowest BCUT2D eigenvalue weighted by Gasteiger charge is -2.54. The van der Waals surface area contributed by atoms with Gasteiger partial charge in [0.25, 0.3) is 0 Å². The smallest absolute Gasteiger partial charge is 0.115 e. The van der Waals surface area contributed by atoms with Crippen molar-refractivity contribution in [3.05, 3.63) is 41.0 Å². The highest BCUT2D eigenvalue weighted by atomic mass is 79.9. The van der Waals surface area contributed by atoms with Gasteiger partial charge in [-0.1, -0.05) is 31.6 Å². The monoisotopic (exact) mass is 365 g/mol. The summed E-state index contributed by atoms with van der Waals surface area (Å²) in [6, 6.07) is 6.47. The van der Waals surface area contributed by atoms with E-state index in [1.54, 1.807) is 0 Å². The number of benzene rings is 1. The van der Waals surface area contributed by atoms with Gasteiger partial charge in [0, 0.05) is 12.6 Å². The number of aromatic hydroxyl groups is 1. The lowest BCUT2D eigenvalue weighted by molar-refractivity contribution is -0.00746. The van der Waals surface area contributed by atoms with Gasteiger partial charge in [-0.15, -0.1) is 17.0 Å². The van der Waals surface area contributed by atoms with Crippen molar-refractivity contribution in [1.82, 2.24) is 4.90 Å². The molecule has 122 valence electrons.